The van der Waals surface area contributed by atoms with Crippen molar-refractivity contribution in [3.05, 3.63) is 0 Å². The summed E-state index contributed by atoms with van der Waals surface area (Å²) in [5.74, 6) is 2.44. The molecule has 0 aromatic rings. The highest BCUT2D eigenvalue weighted by Gasteiger charge is 2.29. The van der Waals surface area contributed by atoms with Crippen molar-refractivity contribution in [1.82, 2.24) is 5.43 Å². The topological polar surface area (TPSA) is 240 Å². The van der Waals surface area contributed by atoms with E-state index in [2.05, 4.69) is 11.5 Å². The first kappa shape index (κ1) is 26.1. The van der Waals surface area contributed by atoms with Crippen LogP contribution >= 0.6 is 0 Å². The minimum Gasteiger partial charge on any atom is -0.479 e. The van der Waals surface area contributed by atoms with E-state index in [0.717, 1.165) is 0 Å². The minimum absolute atomic E-state index is 0. The number of aliphatic carboxylic acids is 2. The summed E-state index contributed by atoms with van der Waals surface area (Å²) < 4.78 is 0. The number of nitrogens with zero attached hydrogens (tertiary/aromatic N) is 1. The zero-order valence-corrected chi connectivity index (χ0v) is 12.5. The van der Waals surface area contributed by atoms with E-state index in [-0.39, 0.29) is 17.0 Å². The van der Waals surface area contributed by atoms with Crippen molar-refractivity contribution in [2.45, 2.75) is 50.4 Å². The molecule has 0 bridgehead atoms. The summed E-state index contributed by atoms with van der Waals surface area (Å²) in [4.78, 5) is 19.5. The second-order valence-corrected chi connectivity index (χ2v) is 4.75. The van der Waals surface area contributed by atoms with Crippen LogP contribution in [0.25, 0.3) is 0 Å². The molecule has 11 N–H and O–H groups in total. The van der Waals surface area contributed by atoms with Crippen LogP contribution in [0.15, 0.2) is 0 Å². The zero-order chi connectivity index (χ0) is 16.4. The van der Waals surface area contributed by atoms with Gasteiger partial charge in [0.05, 0.1) is 12.5 Å². The third kappa shape index (κ3) is 9.74. The Balaban J connectivity index is -0.000000322. The van der Waals surface area contributed by atoms with E-state index in [0.29, 0.717) is 12.3 Å². The van der Waals surface area contributed by atoms with Gasteiger partial charge in [-0.2, -0.15) is 5.26 Å². The molecular formula is C12H25N3O8. The summed E-state index contributed by atoms with van der Waals surface area (Å²) in [5.41, 5.74) is 2.72. The van der Waals surface area contributed by atoms with Crippen LogP contribution in [0.3, 0.4) is 0 Å². The lowest BCUT2D eigenvalue weighted by molar-refractivity contribution is -0.165. The summed E-state index contributed by atoms with van der Waals surface area (Å²) >= 11 is 0. The molecule has 1 rings (SSSR count). The highest BCUT2D eigenvalue weighted by Crippen LogP contribution is 2.28. The summed E-state index contributed by atoms with van der Waals surface area (Å²) in [7, 11) is 0. The molecule has 0 amide bonds. The van der Waals surface area contributed by atoms with Gasteiger partial charge in [-0.3, -0.25) is 11.3 Å². The third-order valence-corrected chi connectivity index (χ3v) is 3.30. The molecule has 11 nitrogen and oxygen atoms in total. The molecular weight excluding hydrogens is 314 g/mol. The van der Waals surface area contributed by atoms with E-state index in [1.54, 1.807) is 0 Å². The van der Waals surface area contributed by atoms with E-state index in [1.807, 2.05) is 0 Å². The Hall–Kier alpha value is -1.81. The Bertz CT molecular complexity index is 363. The summed E-state index contributed by atoms with van der Waals surface area (Å²) in [6.45, 7) is 0. The number of hydrogen-bond acceptors (Lipinski definition) is 7. The van der Waals surface area contributed by atoms with Crippen molar-refractivity contribution >= 4 is 11.9 Å². The number of hydrogen-bond donors (Lipinski definition) is 6. The molecule has 1 fully saturated rings. The van der Waals surface area contributed by atoms with Gasteiger partial charge in [-0.15, -0.1) is 0 Å². The highest BCUT2D eigenvalue weighted by molar-refractivity contribution is 5.83. The summed E-state index contributed by atoms with van der Waals surface area (Å²) in [5, 5.41) is 41.0. The first-order valence-electron chi connectivity index (χ1n) is 6.50. The van der Waals surface area contributed by atoms with Crippen LogP contribution in [0.1, 0.15) is 32.1 Å². The Labute approximate surface area is 132 Å². The van der Waals surface area contributed by atoms with Crippen molar-refractivity contribution in [2.75, 3.05) is 0 Å². The van der Waals surface area contributed by atoms with Crippen molar-refractivity contribution in [3.63, 3.8) is 0 Å². The molecule has 0 aliphatic heterocycles. The highest BCUT2D eigenvalue weighted by atomic mass is 16.4. The first-order chi connectivity index (χ1) is 9.84. The molecule has 3 unspecified atom stereocenters. The van der Waals surface area contributed by atoms with Crippen LogP contribution in [0, 0.1) is 17.2 Å². The molecule has 0 heterocycles. The second-order valence-electron chi connectivity index (χ2n) is 4.75. The fraction of sp³-hybridized carbons (Fsp3) is 0.750. The second kappa shape index (κ2) is 13.8. The van der Waals surface area contributed by atoms with Gasteiger partial charge < -0.3 is 31.4 Å². The number of aliphatic hydroxyl groups is 2. The smallest absolute Gasteiger partial charge is 0.335 e. The fourth-order valence-corrected chi connectivity index (χ4v) is 2.09. The number of carboxylic acids is 2. The molecule has 1 saturated carbocycles. The maximum Gasteiger partial charge on any atom is 0.335 e. The maximum absolute atomic E-state index is 9.77. The third-order valence-electron chi connectivity index (χ3n) is 3.30. The fourth-order valence-electron chi connectivity index (χ4n) is 2.09. The van der Waals surface area contributed by atoms with Gasteiger partial charge in [0.1, 0.15) is 0 Å². The normalized spacial score (nSPS) is 17.1. The molecule has 0 aromatic carbocycles. The van der Waals surface area contributed by atoms with E-state index in [9.17, 15) is 9.59 Å². The Morgan fingerprint density at radius 3 is 1.78 bits per heavy atom. The van der Waals surface area contributed by atoms with E-state index in [1.165, 1.54) is 25.7 Å². The zero-order valence-electron chi connectivity index (χ0n) is 12.5. The predicted octanol–water partition coefficient (Wildman–Crippen LogP) is -2.85. The van der Waals surface area contributed by atoms with Crippen molar-refractivity contribution in [2.24, 2.45) is 11.8 Å². The number of rotatable bonds is 6. The largest absolute Gasteiger partial charge is 0.479 e. The number of nitriles is 1. The van der Waals surface area contributed by atoms with Crippen LogP contribution in [0.2, 0.25) is 0 Å². The lowest BCUT2D eigenvalue weighted by Gasteiger charge is -2.18. The van der Waals surface area contributed by atoms with Crippen LogP contribution in [-0.4, -0.2) is 61.6 Å². The lowest BCUT2D eigenvalue weighted by atomic mass is 9.97. The van der Waals surface area contributed by atoms with Gasteiger partial charge in [0.2, 0.25) is 0 Å². The van der Waals surface area contributed by atoms with Crippen LogP contribution < -0.4 is 11.3 Å². The van der Waals surface area contributed by atoms with E-state index >= 15 is 0 Å². The molecule has 0 saturated heterocycles. The van der Waals surface area contributed by atoms with Gasteiger partial charge in [0.15, 0.2) is 12.2 Å². The molecule has 11 heteroatoms. The lowest BCUT2D eigenvalue weighted by Crippen LogP contribution is -2.39. The van der Waals surface area contributed by atoms with Gasteiger partial charge in [0, 0.05) is 6.04 Å². The molecule has 0 radical (unpaired) electrons. The molecule has 1 aliphatic rings. The number of carboxylic acid groups (broad SMARTS) is 2. The Morgan fingerprint density at radius 2 is 1.52 bits per heavy atom. The monoisotopic (exact) mass is 339 g/mol. The van der Waals surface area contributed by atoms with Crippen LogP contribution in [-0.2, 0) is 9.59 Å². The van der Waals surface area contributed by atoms with Gasteiger partial charge in [-0.25, -0.2) is 9.59 Å². The van der Waals surface area contributed by atoms with Crippen LogP contribution in [0.5, 0.6) is 0 Å². The van der Waals surface area contributed by atoms with Gasteiger partial charge >= 0.3 is 11.9 Å². The minimum atomic E-state index is -2.27. The number of nitrogens with two attached hydrogens (primary N) is 1. The number of aliphatic hydroxyl groups excluding tert-OH is 2. The first-order valence-corrected chi connectivity index (χ1v) is 6.50. The van der Waals surface area contributed by atoms with Crippen molar-refractivity contribution in [3.8, 4) is 6.07 Å². The number of carbonyl (C=O) groups is 2. The van der Waals surface area contributed by atoms with Gasteiger partial charge in [-0.05, 0) is 18.8 Å². The molecule has 23 heavy (non-hydrogen) atoms. The Kier molecular flexibility index (Phi) is 15.7. The molecule has 136 valence electrons. The van der Waals surface area contributed by atoms with E-state index < -0.39 is 24.1 Å². The average molecular weight is 339 g/mol. The van der Waals surface area contributed by atoms with Gasteiger partial charge in [0.25, 0.3) is 0 Å². The quantitative estimate of drug-likeness (QED) is 0.215. The molecule has 1 aliphatic carbocycles. The van der Waals surface area contributed by atoms with Crippen molar-refractivity contribution < 1.29 is 41.0 Å². The van der Waals surface area contributed by atoms with Crippen LogP contribution in [0.4, 0.5) is 0 Å². The number of nitrogens with one attached hydrogen (secondary N) is 1. The number of hydrazine groups is 1. The van der Waals surface area contributed by atoms with Crippen molar-refractivity contribution in [1.29, 1.82) is 5.26 Å². The molecule has 0 aromatic heterocycles. The SMILES string of the molecule is N#CCC(NN)C1CCCC1.O.O.O=C(O)C(O)C(O)C(=O)O. The van der Waals surface area contributed by atoms with Gasteiger partial charge in [-0.1, -0.05) is 12.8 Å². The summed E-state index contributed by atoms with van der Waals surface area (Å²) in [6.07, 6.45) is 1.08. The molecule has 3 atom stereocenters. The van der Waals surface area contributed by atoms with E-state index in [4.69, 9.17) is 31.5 Å². The Morgan fingerprint density at radius 1 is 1.13 bits per heavy atom. The molecule has 0 spiro atoms. The maximum atomic E-state index is 9.77. The predicted molar refractivity (Wildman–Crippen MR) is 77.8 cm³/mol. The summed E-state index contributed by atoms with van der Waals surface area (Å²) in [6, 6.07) is 2.38. The average Bonchev–Trinajstić information content (AvgIpc) is 2.97. The standard InChI is InChI=1S/C8H15N3.C4H6O6.2H2O/c9-6-5-8(11-10)7-3-1-2-4-7;5-1(3(7)8)2(6)4(9)10;;/h7-8,11H,1-5,10H2;1-2,5-6H,(H,7,8)(H,9,10);2*1H2.